The van der Waals surface area contributed by atoms with E-state index in [1.54, 1.807) is 7.11 Å². The fraction of sp³-hybridized carbons (Fsp3) is 0.792. The molecule has 0 aliphatic heterocycles. The molecule has 3 fully saturated rings. The van der Waals surface area contributed by atoms with Gasteiger partial charge in [-0.1, -0.05) is 19.4 Å². The molecule has 160 valence electrons. The molecule has 0 amide bonds. The number of rotatable bonds is 4. The third-order valence-corrected chi connectivity index (χ3v) is 8.98. The summed E-state index contributed by atoms with van der Waals surface area (Å²) in [4.78, 5) is 36.2. The van der Waals surface area contributed by atoms with E-state index in [0.29, 0.717) is 24.2 Å². The summed E-state index contributed by atoms with van der Waals surface area (Å²) in [6.07, 6.45) is 8.40. The molecule has 0 heterocycles. The smallest absolute Gasteiger partial charge is 0.303 e. The molecule has 0 bridgehead atoms. The minimum Gasteiger partial charge on any atom is -0.458 e. The second-order valence-electron chi connectivity index (χ2n) is 10.2. The molecule has 0 aromatic rings. The standard InChI is InChI=1S/C24H34O5/c1-14(25)29-13-20(27)19-8-7-18-17-6-5-15-11-16(26)9-10-23(15,2)22(17)21(28-4)12-24(18,19)3/h11,17-19,21-22H,5-10,12-13H2,1-4H3/t17-,18-,19+,21-,22+,23-,24-/m0/s1. The molecule has 0 N–H and O–H groups in total. The number of ether oxygens (including phenoxy) is 2. The SMILES string of the molecule is CO[C@H]1C[C@]2(C)[C@@H](C(=O)COC(C)=O)CC[C@H]2[C@@H]2CCC3=CC(=O)CC[C@]3(C)[C@H]21. The van der Waals surface area contributed by atoms with Gasteiger partial charge in [0.15, 0.2) is 11.6 Å². The Labute approximate surface area is 173 Å². The monoisotopic (exact) mass is 402 g/mol. The van der Waals surface area contributed by atoms with Crippen molar-refractivity contribution in [2.75, 3.05) is 13.7 Å². The molecule has 0 saturated heterocycles. The summed E-state index contributed by atoms with van der Waals surface area (Å²) in [7, 11) is 1.80. The number of Topliss-reactive ketones (excluding diaryl/α,β-unsaturated/α-hetero) is 1. The van der Waals surface area contributed by atoms with E-state index < -0.39 is 5.97 Å². The number of hydrogen-bond acceptors (Lipinski definition) is 5. The average Bonchev–Trinajstić information content (AvgIpc) is 3.02. The van der Waals surface area contributed by atoms with Crippen LogP contribution in [0.1, 0.15) is 65.7 Å². The van der Waals surface area contributed by atoms with Crippen LogP contribution in [0.25, 0.3) is 0 Å². The van der Waals surface area contributed by atoms with Gasteiger partial charge < -0.3 is 9.47 Å². The zero-order chi connectivity index (χ0) is 21.0. The van der Waals surface area contributed by atoms with Crippen LogP contribution in [0.2, 0.25) is 0 Å². The number of fused-ring (bicyclic) bond motifs is 5. The summed E-state index contributed by atoms with van der Waals surface area (Å²) in [5.41, 5.74) is 1.24. The maximum atomic E-state index is 12.9. The quantitative estimate of drug-likeness (QED) is 0.667. The molecular weight excluding hydrogens is 368 g/mol. The van der Waals surface area contributed by atoms with Crippen molar-refractivity contribution >= 4 is 17.5 Å². The van der Waals surface area contributed by atoms with Gasteiger partial charge in [0.05, 0.1) is 6.10 Å². The predicted octanol–water partition coefficient (Wildman–Crippen LogP) is 3.89. The van der Waals surface area contributed by atoms with Crippen LogP contribution in [0, 0.1) is 34.5 Å². The van der Waals surface area contributed by atoms with E-state index in [4.69, 9.17) is 9.47 Å². The van der Waals surface area contributed by atoms with Crippen molar-refractivity contribution in [1.82, 2.24) is 0 Å². The van der Waals surface area contributed by atoms with Gasteiger partial charge in [-0.05, 0) is 73.2 Å². The molecule has 5 nitrogen and oxygen atoms in total. The summed E-state index contributed by atoms with van der Waals surface area (Å²) in [6, 6.07) is 0. The average molecular weight is 403 g/mol. The maximum absolute atomic E-state index is 12.9. The van der Waals surface area contributed by atoms with E-state index in [-0.39, 0.29) is 41.0 Å². The van der Waals surface area contributed by atoms with Gasteiger partial charge in [0, 0.05) is 26.4 Å². The van der Waals surface area contributed by atoms with Gasteiger partial charge in [0.25, 0.3) is 0 Å². The molecule has 7 atom stereocenters. The second-order valence-corrected chi connectivity index (χ2v) is 10.2. The van der Waals surface area contributed by atoms with E-state index >= 15 is 0 Å². The Bertz CT molecular complexity index is 754. The van der Waals surface area contributed by atoms with E-state index in [9.17, 15) is 14.4 Å². The molecule has 4 aliphatic rings. The maximum Gasteiger partial charge on any atom is 0.303 e. The fourth-order valence-electron chi connectivity index (χ4n) is 7.68. The van der Waals surface area contributed by atoms with Crippen molar-refractivity contribution in [3.05, 3.63) is 11.6 Å². The highest BCUT2D eigenvalue weighted by atomic mass is 16.5. The zero-order valence-electron chi connectivity index (χ0n) is 18.2. The Morgan fingerprint density at radius 2 is 1.93 bits per heavy atom. The van der Waals surface area contributed by atoms with Gasteiger partial charge in [0.2, 0.25) is 0 Å². The van der Waals surface area contributed by atoms with Crippen LogP contribution >= 0.6 is 0 Å². The highest BCUT2D eigenvalue weighted by Gasteiger charge is 2.63. The summed E-state index contributed by atoms with van der Waals surface area (Å²) in [6.45, 7) is 5.85. The van der Waals surface area contributed by atoms with Crippen molar-refractivity contribution < 1.29 is 23.9 Å². The first-order chi connectivity index (χ1) is 13.7. The molecule has 5 heteroatoms. The first-order valence-corrected chi connectivity index (χ1v) is 11.1. The van der Waals surface area contributed by atoms with Gasteiger partial charge in [-0.15, -0.1) is 0 Å². The Morgan fingerprint density at radius 3 is 2.62 bits per heavy atom. The van der Waals surface area contributed by atoms with Crippen LogP contribution in [0.4, 0.5) is 0 Å². The highest BCUT2D eigenvalue weighted by molar-refractivity contribution is 5.91. The molecule has 0 aromatic carbocycles. The van der Waals surface area contributed by atoms with Crippen LogP contribution in [0.15, 0.2) is 11.6 Å². The van der Waals surface area contributed by atoms with Crippen LogP contribution in [-0.4, -0.2) is 37.4 Å². The number of hydrogen-bond donors (Lipinski definition) is 0. The fourth-order valence-corrected chi connectivity index (χ4v) is 7.68. The van der Waals surface area contributed by atoms with Crippen molar-refractivity contribution in [1.29, 1.82) is 0 Å². The lowest BCUT2D eigenvalue weighted by atomic mass is 9.46. The Hall–Kier alpha value is -1.49. The van der Waals surface area contributed by atoms with E-state index in [1.807, 2.05) is 6.08 Å². The summed E-state index contributed by atoms with van der Waals surface area (Å²) >= 11 is 0. The van der Waals surface area contributed by atoms with Crippen molar-refractivity contribution in [2.45, 2.75) is 71.8 Å². The number of allylic oxidation sites excluding steroid dienone is 1. The summed E-state index contributed by atoms with van der Waals surface area (Å²) in [5.74, 6) is 1.26. The number of ketones is 2. The molecule has 3 saturated carbocycles. The van der Waals surface area contributed by atoms with Crippen LogP contribution < -0.4 is 0 Å². The molecule has 29 heavy (non-hydrogen) atoms. The minimum atomic E-state index is -0.400. The normalized spacial score (nSPS) is 43.7. The van der Waals surface area contributed by atoms with Crippen LogP contribution in [-0.2, 0) is 23.9 Å². The van der Waals surface area contributed by atoms with Crippen molar-refractivity contribution in [3.63, 3.8) is 0 Å². The molecule has 4 aliphatic carbocycles. The molecule has 0 unspecified atom stereocenters. The van der Waals surface area contributed by atoms with Crippen molar-refractivity contribution in [3.8, 4) is 0 Å². The minimum absolute atomic E-state index is 0.0265. The number of carbonyl (C=O) groups excluding carboxylic acids is 3. The first-order valence-electron chi connectivity index (χ1n) is 11.1. The highest BCUT2D eigenvalue weighted by Crippen LogP contribution is 2.67. The third kappa shape index (κ3) is 3.20. The van der Waals surface area contributed by atoms with Gasteiger partial charge in [-0.25, -0.2) is 0 Å². The number of methoxy groups -OCH3 is 1. The topological polar surface area (TPSA) is 69.7 Å². The molecule has 0 aromatic heterocycles. The summed E-state index contributed by atoms with van der Waals surface area (Å²) < 4.78 is 11.1. The lowest BCUT2D eigenvalue weighted by Gasteiger charge is -2.60. The largest absolute Gasteiger partial charge is 0.458 e. The van der Waals surface area contributed by atoms with Crippen molar-refractivity contribution in [2.24, 2.45) is 34.5 Å². The zero-order valence-corrected chi connectivity index (χ0v) is 18.2. The lowest BCUT2D eigenvalue weighted by Crippen LogP contribution is -2.57. The molecule has 0 spiro atoms. The van der Waals surface area contributed by atoms with Gasteiger partial charge >= 0.3 is 5.97 Å². The Kier molecular flexibility index (Phi) is 5.25. The summed E-state index contributed by atoms with van der Waals surface area (Å²) in [5, 5.41) is 0. The van der Waals surface area contributed by atoms with Gasteiger partial charge in [0.1, 0.15) is 6.61 Å². The van der Waals surface area contributed by atoms with E-state index in [0.717, 1.165) is 38.5 Å². The van der Waals surface area contributed by atoms with E-state index in [1.165, 1.54) is 12.5 Å². The third-order valence-electron chi connectivity index (χ3n) is 8.98. The van der Waals surface area contributed by atoms with Gasteiger partial charge in [-0.3, -0.25) is 14.4 Å². The second kappa shape index (κ2) is 7.33. The predicted molar refractivity (Wildman–Crippen MR) is 108 cm³/mol. The Balaban J connectivity index is 1.64. The molecular formula is C24H34O5. The number of esters is 1. The lowest BCUT2D eigenvalue weighted by molar-refractivity contribution is -0.157. The molecule has 0 radical (unpaired) electrons. The van der Waals surface area contributed by atoms with Gasteiger partial charge in [-0.2, -0.15) is 0 Å². The van der Waals surface area contributed by atoms with E-state index in [2.05, 4.69) is 13.8 Å². The van der Waals surface area contributed by atoms with Crippen LogP contribution in [0.3, 0.4) is 0 Å². The van der Waals surface area contributed by atoms with Crippen LogP contribution in [0.5, 0.6) is 0 Å². The molecule has 4 rings (SSSR count). The first kappa shape index (κ1) is 20.8. The number of carbonyl (C=O) groups is 3. The Morgan fingerprint density at radius 1 is 1.17 bits per heavy atom.